The fourth-order valence-electron chi connectivity index (χ4n) is 4.50. The van der Waals surface area contributed by atoms with Crippen LogP contribution in [0.4, 0.5) is 0 Å². The van der Waals surface area contributed by atoms with Gasteiger partial charge in [0.2, 0.25) is 5.91 Å². The minimum absolute atomic E-state index is 0.0262. The van der Waals surface area contributed by atoms with Crippen LogP contribution in [-0.2, 0) is 11.2 Å². The Bertz CT molecular complexity index is 931. The van der Waals surface area contributed by atoms with Crippen molar-refractivity contribution in [1.82, 2.24) is 9.80 Å². The summed E-state index contributed by atoms with van der Waals surface area (Å²) in [7, 11) is 3.52. The number of likely N-dealkylation sites (tertiary alicyclic amines) is 1. The smallest absolute Gasteiger partial charge is 0.227 e. The molecule has 2 atom stereocenters. The lowest BCUT2D eigenvalue weighted by atomic mass is 9.93. The highest BCUT2D eigenvalue weighted by Crippen LogP contribution is 2.43. The summed E-state index contributed by atoms with van der Waals surface area (Å²) in [4.78, 5) is 17.6. The maximum absolute atomic E-state index is 13.3. The number of hydrogen-bond donors (Lipinski definition) is 0. The molecule has 30 heavy (non-hydrogen) atoms. The van der Waals surface area contributed by atoms with Gasteiger partial charge in [0.25, 0.3) is 0 Å². The standard InChI is InChI=1S/C23H26Cl2N2O3/c1-26(21(28)13-15-8-9-17(24)18(25)12-15)22-16-6-5-7-20(29-2)23(16)30-14-19(22)27-10-3-4-11-27/h5-9,12,19,22H,3-4,10-11,13-14H2,1-2H3/t19-,22-/m1/s1. The highest BCUT2D eigenvalue weighted by molar-refractivity contribution is 6.42. The lowest BCUT2D eigenvalue weighted by molar-refractivity contribution is -0.133. The first-order chi connectivity index (χ1) is 14.5. The van der Waals surface area contributed by atoms with Gasteiger partial charge in [0.05, 0.1) is 35.7 Å². The number of fused-ring (bicyclic) bond motifs is 1. The Kier molecular flexibility index (Phi) is 6.42. The van der Waals surface area contributed by atoms with E-state index in [0.29, 0.717) is 22.4 Å². The number of ether oxygens (including phenoxy) is 2. The largest absolute Gasteiger partial charge is 0.493 e. The summed E-state index contributed by atoms with van der Waals surface area (Å²) in [5.41, 5.74) is 1.83. The molecule has 0 saturated carbocycles. The van der Waals surface area contributed by atoms with Gasteiger partial charge >= 0.3 is 0 Å². The average molecular weight is 449 g/mol. The van der Waals surface area contributed by atoms with Gasteiger partial charge in [-0.3, -0.25) is 9.69 Å². The minimum atomic E-state index is -0.114. The average Bonchev–Trinajstić information content (AvgIpc) is 3.29. The van der Waals surface area contributed by atoms with Gasteiger partial charge in [-0.25, -0.2) is 0 Å². The molecule has 0 aliphatic carbocycles. The predicted molar refractivity (Wildman–Crippen MR) is 119 cm³/mol. The number of likely N-dealkylation sites (N-methyl/N-ethyl adjacent to an activating group) is 1. The van der Waals surface area contributed by atoms with Gasteiger partial charge in [-0.1, -0.05) is 41.4 Å². The van der Waals surface area contributed by atoms with Crippen molar-refractivity contribution in [3.8, 4) is 11.5 Å². The summed E-state index contributed by atoms with van der Waals surface area (Å²) in [5.74, 6) is 1.45. The molecule has 1 saturated heterocycles. The van der Waals surface area contributed by atoms with Crippen LogP contribution in [0, 0.1) is 0 Å². The zero-order valence-corrected chi connectivity index (χ0v) is 18.7. The van der Waals surface area contributed by atoms with E-state index in [1.807, 2.05) is 36.2 Å². The van der Waals surface area contributed by atoms with Gasteiger partial charge in [-0.15, -0.1) is 0 Å². The first-order valence-electron chi connectivity index (χ1n) is 10.2. The molecule has 160 valence electrons. The third-order valence-corrected chi connectivity index (χ3v) is 6.81. The Morgan fingerprint density at radius 2 is 1.97 bits per heavy atom. The Balaban J connectivity index is 1.65. The van der Waals surface area contributed by atoms with Crippen molar-refractivity contribution in [1.29, 1.82) is 0 Å². The van der Waals surface area contributed by atoms with Crippen molar-refractivity contribution in [3.05, 3.63) is 57.6 Å². The third-order valence-electron chi connectivity index (χ3n) is 6.07. The van der Waals surface area contributed by atoms with Crippen molar-refractivity contribution in [2.24, 2.45) is 0 Å². The van der Waals surface area contributed by atoms with Gasteiger partial charge < -0.3 is 14.4 Å². The fraction of sp³-hybridized carbons (Fsp3) is 0.435. The molecule has 2 aromatic carbocycles. The Labute approximate surface area is 187 Å². The molecule has 2 aromatic rings. The number of hydrogen-bond acceptors (Lipinski definition) is 4. The van der Waals surface area contributed by atoms with Gasteiger partial charge in [-0.05, 0) is 49.7 Å². The fourth-order valence-corrected chi connectivity index (χ4v) is 4.82. The number of carbonyl (C=O) groups excluding carboxylic acids is 1. The lowest BCUT2D eigenvalue weighted by Gasteiger charge is -2.43. The van der Waals surface area contributed by atoms with Crippen LogP contribution in [0.3, 0.4) is 0 Å². The van der Waals surface area contributed by atoms with Crippen LogP contribution in [0.15, 0.2) is 36.4 Å². The van der Waals surface area contributed by atoms with Crippen LogP contribution in [0.1, 0.15) is 30.0 Å². The molecular weight excluding hydrogens is 423 g/mol. The summed E-state index contributed by atoms with van der Waals surface area (Å²) in [6.07, 6.45) is 2.61. The number of amides is 1. The maximum atomic E-state index is 13.3. The topological polar surface area (TPSA) is 42.0 Å². The second kappa shape index (κ2) is 9.04. The summed E-state index contributed by atoms with van der Waals surface area (Å²) < 4.78 is 11.7. The number of carbonyl (C=O) groups is 1. The maximum Gasteiger partial charge on any atom is 0.227 e. The van der Waals surface area contributed by atoms with Crippen LogP contribution in [-0.4, -0.2) is 55.6 Å². The molecule has 7 heteroatoms. The molecule has 0 N–H and O–H groups in total. The molecular formula is C23H26Cl2N2O3. The summed E-state index contributed by atoms with van der Waals surface area (Å²) >= 11 is 12.2. The van der Waals surface area contributed by atoms with E-state index in [2.05, 4.69) is 4.90 Å². The van der Waals surface area contributed by atoms with Crippen molar-refractivity contribution < 1.29 is 14.3 Å². The summed E-state index contributed by atoms with van der Waals surface area (Å²) in [6.45, 7) is 2.58. The van der Waals surface area contributed by atoms with Gasteiger partial charge in [0.1, 0.15) is 6.61 Å². The van der Waals surface area contributed by atoms with E-state index in [1.165, 1.54) is 12.8 Å². The van der Waals surface area contributed by atoms with Crippen molar-refractivity contribution in [3.63, 3.8) is 0 Å². The SMILES string of the molecule is COc1cccc2c1OC[C@@H](N1CCCC1)[C@@H]2N(C)C(=O)Cc1ccc(Cl)c(Cl)c1. The molecule has 1 fully saturated rings. The van der Waals surface area contributed by atoms with Crippen molar-refractivity contribution >= 4 is 29.1 Å². The molecule has 0 unspecified atom stereocenters. The second-order valence-electron chi connectivity index (χ2n) is 7.87. The van der Waals surface area contributed by atoms with E-state index in [4.69, 9.17) is 32.7 Å². The van der Waals surface area contributed by atoms with Crippen LogP contribution >= 0.6 is 23.2 Å². The second-order valence-corrected chi connectivity index (χ2v) is 8.69. The molecule has 0 bridgehead atoms. The third kappa shape index (κ3) is 4.11. The molecule has 0 spiro atoms. The molecule has 0 aromatic heterocycles. The summed E-state index contributed by atoms with van der Waals surface area (Å²) in [5, 5.41) is 0.946. The number of para-hydroxylation sites is 1. The summed E-state index contributed by atoms with van der Waals surface area (Å²) in [6, 6.07) is 11.2. The van der Waals surface area contributed by atoms with Crippen LogP contribution in [0.2, 0.25) is 10.0 Å². The zero-order chi connectivity index (χ0) is 21.3. The monoisotopic (exact) mass is 448 g/mol. The first kappa shape index (κ1) is 21.3. The molecule has 2 heterocycles. The highest BCUT2D eigenvalue weighted by atomic mass is 35.5. The van der Waals surface area contributed by atoms with Crippen LogP contribution in [0.5, 0.6) is 11.5 Å². The van der Waals surface area contributed by atoms with Gasteiger partial charge in [0.15, 0.2) is 11.5 Å². The molecule has 2 aliphatic rings. The van der Waals surface area contributed by atoms with E-state index < -0.39 is 0 Å². The molecule has 4 rings (SSSR count). The molecule has 0 radical (unpaired) electrons. The van der Waals surface area contributed by atoms with Crippen LogP contribution in [0.25, 0.3) is 0 Å². The van der Waals surface area contributed by atoms with E-state index >= 15 is 0 Å². The Morgan fingerprint density at radius 1 is 1.20 bits per heavy atom. The van der Waals surface area contributed by atoms with Crippen molar-refractivity contribution in [2.75, 3.05) is 33.9 Å². The quantitative estimate of drug-likeness (QED) is 0.669. The Hall–Kier alpha value is -1.95. The van der Waals surface area contributed by atoms with E-state index in [-0.39, 0.29) is 24.4 Å². The lowest BCUT2D eigenvalue weighted by Crippen LogP contribution is -2.51. The molecule has 5 nitrogen and oxygen atoms in total. The number of benzene rings is 2. The van der Waals surface area contributed by atoms with E-state index in [9.17, 15) is 4.79 Å². The van der Waals surface area contributed by atoms with E-state index in [0.717, 1.165) is 30.0 Å². The van der Waals surface area contributed by atoms with Crippen LogP contribution < -0.4 is 9.47 Å². The number of halogens is 2. The molecule has 1 amide bonds. The predicted octanol–water partition coefficient (Wildman–Crippen LogP) is 4.60. The highest BCUT2D eigenvalue weighted by Gasteiger charge is 2.40. The van der Waals surface area contributed by atoms with Gasteiger partial charge in [-0.2, -0.15) is 0 Å². The normalized spacial score (nSPS) is 21.1. The van der Waals surface area contributed by atoms with E-state index in [1.54, 1.807) is 19.2 Å². The van der Waals surface area contributed by atoms with Crippen molar-refractivity contribution in [2.45, 2.75) is 31.3 Å². The first-order valence-corrected chi connectivity index (χ1v) is 11.0. The number of nitrogens with zero attached hydrogens (tertiary/aromatic N) is 2. The Morgan fingerprint density at radius 3 is 2.67 bits per heavy atom. The number of methoxy groups -OCH3 is 1. The minimum Gasteiger partial charge on any atom is -0.493 e. The molecule has 2 aliphatic heterocycles. The van der Waals surface area contributed by atoms with Gasteiger partial charge in [0, 0.05) is 12.6 Å². The zero-order valence-electron chi connectivity index (χ0n) is 17.2. The number of rotatable bonds is 5.